The maximum atomic E-state index is 11.2. The summed E-state index contributed by atoms with van der Waals surface area (Å²) in [7, 11) is 0. The average Bonchev–Trinajstić information content (AvgIpc) is 2.29. The summed E-state index contributed by atoms with van der Waals surface area (Å²) in [6.45, 7) is 2.44. The SMILES string of the molecule is NC(=O)C1CCCN(Cc2cccc(Cl)n2)C1. The summed E-state index contributed by atoms with van der Waals surface area (Å²) in [6.07, 6.45) is 1.91. The maximum absolute atomic E-state index is 11.2. The number of primary amides is 1. The second kappa shape index (κ2) is 5.47. The van der Waals surface area contributed by atoms with E-state index in [2.05, 4.69) is 9.88 Å². The first-order chi connectivity index (χ1) is 8.15. The number of carbonyl (C=O) groups excluding carboxylic acids is 1. The summed E-state index contributed by atoms with van der Waals surface area (Å²) in [5, 5.41) is 0.506. The predicted octanol–water partition coefficient (Wildman–Crippen LogP) is 1.43. The Hall–Kier alpha value is -1.13. The van der Waals surface area contributed by atoms with Gasteiger partial charge in [0.2, 0.25) is 5.91 Å². The van der Waals surface area contributed by atoms with Crippen LogP contribution in [0.5, 0.6) is 0 Å². The number of pyridine rings is 1. The van der Waals surface area contributed by atoms with Crippen molar-refractivity contribution in [1.82, 2.24) is 9.88 Å². The molecular formula is C12H16ClN3O. The van der Waals surface area contributed by atoms with Crippen molar-refractivity contribution < 1.29 is 4.79 Å². The van der Waals surface area contributed by atoms with E-state index < -0.39 is 0 Å². The van der Waals surface area contributed by atoms with Crippen molar-refractivity contribution in [3.8, 4) is 0 Å². The van der Waals surface area contributed by atoms with Crippen molar-refractivity contribution in [2.24, 2.45) is 11.7 Å². The molecule has 0 spiro atoms. The smallest absolute Gasteiger partial charge is 0.221 e. The number of carbonyl (C=O) groups is 1. The van der Waals surface area contributed by atoms with Gasteiger partial charge in [0.25, 0.3) is 0 Å². The van der Waals surface area contributed by atoms with Gasteiger partial charge >= 0.3 is 0 Å². The number of nitrogens with zero attached hydrogens (tertiary/aromatic N) is 2. The van der Waals surface area contributed by atoms with Crippen LogP contribution in [0.1, 0.15) is 18.5 Å². The zero-order valence-electron chi connectivity index (χ0n) is 9.60. The van der Waals surface area contributed by atoms with E-state index in [0.29, 0.717) is 5.15 Å². The van der Waals surface area contributed by atoms with E-state index in [9.17, 15) is 4.79 Å². The van der Waals surface area contributed by atoms with Crippen LogP contribution in [0, 0.1) is 5.92 Å². The number of hydrogen-bond donors (Lipinski definition) is 1. The quantitative estimate of drug-likeness (QED) is 0.829. The molecule has 2 rings (SSSR count). The molecule has 0 aromatic carbocycles. The summed E-state index contributed by atoms with van der Waals surface area (Å²) in [5.74, 6) is -0.225. The monoisotopic (exact) mass is 253 g/mol. The molecule has 2 N–H and O–H groups in total. The summed E-state index contributed by atoms with van der Waals surface area (Å²) >= 11 is 5.84. The van der Waals surface area contributed by atoms with Crippen LogP contribution in [0.15, 0.2) is 18.2 Å². The normalized spacial score (nSPS) is 21.4. The second-order valence-electron chi connectivity index (χ2n) is 4.43. The molecule has 92 valence electrons. The molecule has 17 heavy (non-hydrogen) atoms. The van der Waals surface area contributed by atoms with Crippen molar-refractivity contribution in [3.05, 3.63) is 29.0 Å². The Morgan fingerprint density at radius 1 is 1.59 bits per heavy atom. The fourth-order valence-corrected chi connectivity index (χ4v) is 2.38. The molecule has 2 heterocycles. The number of piperidine rings is 1. The highest BCUT2D eigenvalue weighted by Gasteiger charge is 2.23. The van der Waals surface area contributed by atoms with Crippen LogP contribution in [-0.2, 0) is 11.3 Å². The van der Waals surface area contributed by atoms with Gasteiger partial charge in [0, 0.05) is 13.1 Å². The molecule has 1 atom stereocenters. The molecule has 0 aliphatic carbocycles. The number of hydrogen-bond acceptors (Lipinski definition) is 3. The third kappa shape index (κ3) is 3.41. The van der Waals surface area contributed by atoms with Crippen LogP contribution in [0.4, 0.5) is 0 Å². The van der Waals surface area contributed by atoms with Crippen LogP contribution < -0.4 is 5.73 Å². The van der Waals surface area contributed by atoms with Gasteiger partial charge in [0.15, 0.2) is 0 Å². The fraction of sp³-hybridized carbons (Fsp3) is 0.500. The minimum atomic E-state index is -0.200. The summed E-state index contributed by atoms with van der Waals surface area (Å²) < 4.78 is 0. The lowest BCUT2D eigenvalue weighted by Crippen LogP contribution is -2.40. The maximum Gasteiger partial charge on any atom is 0.221 e. The Morgan fingerprint density at radius 2 is 2.41 bits per heavy atom. The Morgan fingerprint density at radius 3 is 3.12 bits per heavy atom. The third-order valence-corrected chi connectivity index (χ3v) is 3.28. The topological polar surface area (TPSA) is 59.2 Å². The fourth-order valence-electron chi connectivity index (χ4n) is 2.20. The molecule has 1 saturated heterocycles. The highest BCUT2D eigenvalue weighted by molar-refractivity contribution is 6.29. The van der Waals surface area contributed by atoms with Gasteiger partial charge in [-0.3, -0.25) is 9.69 Å². The first-order valence-electron chi connectivity index (χ1n) is 5.78. The molecular weight excluding hydrogens is 238 g/mol. The largest absolute Gasteiger partial charge is 0.369 e. The van der Waals surface area contributed by atoms with Crippen LogP contribution in [0.25, 0.3) is 0 Å². The molecule has 1 aromatic rings. The number of rotatable bonds is 3. The van der Waals surface area contributed by atoms with E-state index in [1.165, 1.54) is 0 Å². The minimum Gasteiger partial charge on any atom is -0.369 e. The molecule has 0 radical (unpaired) electrons. The third-order valence-electron chi connectivity index (χ3n) is 3.07. The van der Waals surface area contributed by atoms with Gasteiger partial charge in [0.05, 0.1) is 11.6 Å². The van der Waals surface area contributed by atoms with E-state index in [4.69, 9.17) is 17.3 Å². The Kier molecular flexibility index (Phi) is 3.97. The molecule has 1 aliphatic rings. The van der Waals surface area contributed by atoms with Crippen molar-refractivity contribution in [2.75, 3.05) is 13.1 Å². The molecule has 1 unspecified atom stereocenters. The van der Waals surface area contributed by atoms with Gasteiger partial charge < -0.3 is 5.73 Å². The standard InChI is InChI=1S/C12H16ClN3O/c13-11-5-1-4-10(15-11)8-16-6-2-3-9(7-16)12(14)17/h1,4-5,9H,2-3,6-8H2,(H2,14,17). The molecule has 1 fully saturated rings. The highest BCUT2D eigenvalue weighted by atomic mass is 35.5. The lowest BCUT2D eigenvalue weighted by Gasteiger charge is -2.30. The van der Waals surface area contributed by atoms with Crippen LogP contribution in [0.2, 0.25) is 5.15 Å². The zero-order chi connectivity index (χ0) is 12.3. The van der Waals surface area contributed by atoms with Crippen molar-refractivity contribution in [1.29, 1.82) is 0 Å². The average molecular weight is 254 g/mol. The number of likely N-dealkylation sites (tertiary alicyclic amines) is 1. The second-order valence-corrected chi connectivity index (χ2v) is 4.82. The Labute approximate surface area is 106 Å². The van der Waals surface area contributed by atoms with Gasteiger partial charge in [-0.1, -0.05) is 17.7 Å². The van der Waals surface area contributed by atoms with Crippen molar-refractivity contribution in [3.63, 3.8) is 0 Å². The number of nitrogens with two attached hydrogens (primary N) is 1. The van der Waals surface area contributed by atoms with Gasteiger partial charge in [-0.25, -0.2) is 4.98 Å². The molecule has 0 bridgehead atoms. The van der Waals surface area contributed by atoms with Gasteiger partial charge in [0.1, 0.15) is 5.15 Å². The van der Waals surface area contributed by atoms with Crippen molar-refractivity contribution in [2.45, 2.75) is 19.4 Å². The Bertz CT molecular complexity index is 410. The molecule has 5 heteroatoms. The van der Waals surface area contributed by atoms with E-state index >= 15 is 0 Å². The molecule has 1 aromatic heterocycles. The van der Waals surface area contributed by atoms with Gasteiger partial charge in [-0.05, 0) is 31.5 Å². The molecule has 1 amide bonds. The molecule has 4 nitrogen and oxygen atoms in total. The van der Waals surface area contributed by atoms with Gasteiger partial charge in [-0.2, -0.15) is 0 Å². The summed E-state index contributed by atoms with van der Waals surface area (Å²) in [6, 6.07) is 5.59. The van der Waals surface area contributed by atoms with Crippen LogP contribution in [0.3, 0.4) is 0 Å². The Balaban J connectivity index is 1.97. The van der Waals surface area contributed by atoms with Crippen LogP contribution in [-0.4, -0.2) is 28.9 Å². The van der Waals surface area contributed by atoms with E-state index in [0.717, 1.165) is 38.2 Å². The summed E-state index contributed by atoms with van der Waals surface area (Å²) in [5.41, 5.74) is 6.28. The van der Waals surface area contributed by atoms with E-state index in [-0.39, 0.29) is 11.8 Å². The lowest BCUT2D eigenvalue weighted by molar-refractivity contribution is -0.123. The number of aromatic nitrogens is 1. The lowest BCUT2D eigenvalue weighted by atomic mass is 9.97. The number of halogens is 1. The highest BCUT2D eigenvalue weighted by Crippen LogP contribution is 2.18. The van der Waals surface area contributed by atoms with Gasteiger partial charge in [-0.15, -0.1) is 0 Å². The first kappa shape index (κ1) is 12.3. The number of amides is 1. The summed E-state index contributed by atoms with van der Waals surface area (Å²) in [4.78, 5) is 17.6. The van der Waals surface area contributed by atoms with Crippen LogP contribution >= 0.6 is 11.6 Å². The molecule has 1 aliphatic heterocycles. The van der Waals surface area contributed by atoms with Crippen molar-refractivity contribution >= 4 is 17.5 Å². The van der Waals surface area contributed by atoms with E-state index in [1.807, 2.05) is 12.1 Å². The molecule has 0 saturated carbocycles. The minimum absolute atomic E-state index is 0.0251. The predicted molar refractivity (Wildman–Crippen MR) is 66.4 cm³/mol. The van der Waals surface area contributed by atoms with E-state index in [1.54, 1.807) is 6.07 Å². The zero-order valence-corrected chi connectivity index (χ0v) is 10.4. The first-order valence-corrected chi connectivity index (χ1v) is 6.16.